The van der Waals surface area contributed by atoms with Gasteiger partial charge in [0.2, 0.25) is 5.88 Å². The molecular weight excluding hydrogens is 368 g/mol. The van der Waals surface area contributed by atoms with Crippen molar-refractivity contribution >= 4 is 5.82 Å². The van der Waals surface area contributed by atoms with Crippen molar-refractivity contribution in [3.05, 3.63) is 76.2 Å². The van der Waals surface area contributed by atoms with Crippen LogP contribution in [0.1, 0.15) is 12.0 Å². The highest BCUT2D eigenvalue weighted by molar-refractivity contribution is 5.40. The second-order valence-electron chi connectivity index (χ2n) is 6.30. The first-order valence-electron chi connectivity index (χ1n) is 8.79. The summed E-state index contributed by atoms with van der Waals surface area (Å²) in [7, 11) is 0. The summed E-state index contributed by atoms with van der Waals surface area (Å²) < 4.78 is 39.7. The third-order valence-electron chi connectivity index (χ3n) is 4.28. The highest BCUT2D eigenvalue weighted by Gasteiger charge is 2.13. The Morgan fingerprint density at radius 2 is 1.93 bits per heavy atom. The molecular formula is C20H17F2N3O3. The van der Waals surface area contributed by atoms with E-state index in [0.717, 1.165) is 13.0 Å². The fourth-order valence-corrected chi connectivity index (χ4v) is 2.88. The topological polar surface area (TPSA) is 65.4 Å². The van der Waals surface area contributed by atoms with Crippen LogP contribution in [0.15, 0.2) is 53.3 Å². The molecule has 28 heavy (non-hydrogen) atoms. The van der Waals surface area contributed by atoms with Crippen molar-refractivity contribution in [2.24, 2.45) is 0 Å². The van der Waals surface area contributed by atoms with Crippen molar-refractivity contribution in [1.29, 1.82) is 0 Å². The summed E-state index contributed by atoms with van der Waals surface area (Å²) in [5, 5.41) is 3.13. The summed E-state index contributed by atoms with van der Waals surface area (Å²) in [5.41, 5.74) is 0.172. The lowest BCUT2D eigenvalue weighted by Gasteiger charge is -2.19. The zero-order chi connectivity index (χ0) is 19.5. The van der Waals surface area contributed by atoms with E-state index in [1.165, 1.54) is 36.4 Å². The smallest absolute Gasteiger partial charge is 0.352 e. The van der Waals surface area contributed by atoms with E-state index >= 15 is 0 Å². The van der Waals surface area contributed by atoms with E-state index < -0.39 is 11.6 Å². The van der Waals surface area contributed by atoms with E-state index in [9.17, 15) is 13.6 Å². The number of hydrogen-bond acceptors (Lipinski definition) is 5. The van der Waals surface area contributed by atoms with E-state index in [1.807, 2.05) is 0 Å². The minimum absolute atomic E-state index is 0.0182. The molecule has 3 aromatic rings. The molecule has 0 fully saturated rings. The van der Waals surface area contributed by atoms with Crippen molar-refractivity contribution in [2.45, 2.75) is 19.6 Å². The van der Waals surface area contributed by atoms with Crippen LogP contribution in [0.3, 0.4) is 0 Å². The fourth-order valence-electron chi connectivity index (χ4n) is 2.88. The van der Waals surface area contributed by atoms with Crippen molar-refractivity contribution in [2.75, 3.05) is 11.9 Å². The molecule has 0 unspecified atom stereocenters. The van der Waals surface area contributed by atoms with Gasteiger partial charge in [-0.2, -0.15) is 4.98 Å². The van der Waals surface area contributed by atoms with Gasteiger partial charge in [0.1, 0.15) is 24.0 Å². The number of hydrogen-bond donors (Lipinski definition) is 1. The lowest BCUT2D eigenvalue weighted by Crippen LogP contribution is -2.30. The molecule has 0 saturated heterocycles. The first-order chi connectivity index (χ1) is 13.6. The fraction of sp³-hybridized carbons (Fsp3) is 0.200. The summed E-state index contributed by atoms with van der Waals surface area (Å²) in [6, 6.07) is 11.3. The van der Waals surface area contributed by atoms with Crippen LogP contribution in [-0.2, 0) is 13.2 Å². The zero-order valence-electron chi connectivity index (χ0n) is 14.8. The Kier molecular flexibility index (Phi) is 4.92. The minimum atomic E-state index is -0.578. The zero-order valence-corrected chi connectivity index (χ0v) is 14.8. The summed E-state index contributed by atoms with van der Waals surface area (Å²) in [5.74, 6) is 0.213. The van der Waals surface area contributed by atoms with Crippen LogP contribution in [0.4, 0.5) is 14.6 Å². The summed E-state index contributed by atoms with van der Waals surface area (Å²) in [6.07, 6.45) is 0.862. The second-order valence-corrected chi connectivity index (χ2v) is 6.30. The van der Waals surface area contributed by atoms with Gasteiger partial charge in [-0.3, -0.25) is 4.57 Å². The lowest BCUT2D eigenvalue weighted by atomic mass is 10.2. The van der Waals surface area contributed by atoms with E-state index in [4.69, 9.17) is 9.47 Å². The number of anilines is 1. The molecule has 2 heterocycles. The molecule has 6 nitrogen and oxygen atoms in total. The number of nitrogens with zero attached hydrogens (tertiary/aromatic N) is 2. The van der Waals surface area contributed by atoms with Gasteiger partial charge in [0.05, 0.1) is 0 Å². The van der Waals surface area contributed by atoms with Crippen LogP contribution >= 0.6 is 0 Å². The third-order valence-corrected chi connectivity index (χ3v) is 4.28. The largest absolute Gasteiger partial charge is 0.473 e. The standard InChI is InChI=1S/C20H17F2N3O3/c21-14-3-5-15(6-4-14)28-17-7-2-13(10-16(17)22)12-27-19-11-18-23-8-1-9-25(18)20(26)24-19/h2-7,10-11,23H,1,8-9,12H2. The van der Waals surface area contributed by atoms with E-state index in [0.29, 0.717) is 23.7 Å². The molecule has 0 bridgehead atoms. The van der Waals surface area contributed by atoms with Crippen LogP contribution < -0.4 is 20.5 Å². The first-order valence-corrected chi connectivity index (χ1v) is 8.79. The number of nitrogens with one attached hydrogen (secondary N) is 1. The minimum Gasteiger partial charge on any atom is -0.473 e. The Balaban J connectivity index is 1.44. The predicted octanol–water partition coefficient (Wildman–Crippen LogP) is 3.71. The Morgan fingerprint density at radius 1 is 1.11 bits per heavy atom. The van der Waals surface area contributed by atoms with Crippen LogP contribution in [0.5, 0.6) is 17.4 Å². The normalized spacial score (nSPS) is 12.8. The number of fused-ring (bicyclic) bond motifs is 1. The van der Waals surface area contributed by atoms with Crippen molar-refractivity contribution < 1.29 is 18.3 Å². The van der Waals surface area contributed by atoms with Gasteiger partial charge in [-0.1, -0.05) is 6.07 Å². The van der Waals surface area contributed by atoms with Gasteiger partial charge >= 0.3 is 5.69 Å². The molecule has 1 aliphatic rings. The van der Waals surface area contributed by atoms with Gasteiger partial charge in [0.25, 0.3) is 0 Å². The van der Waals surface area contributed by atoms with E-state index in [-0.39, 0.29) is 23.9 Å². The highest BCUT2D eigenvalue weighted by atomic mass is 19.1. The third kappa shape index (κ3) is 3.95. The first kappa shape index (κ1) is 18.0. The van der Waals surface area contributed by atoms with Gasteiger partial charge < -0.3 is 14.8 Å². The molecule has 8 heteroatoms. The highest BCUT2D eigenvalue weighted by Crippen LogP contribution is 2.26. The Labute approximate surface area is 159 Å². The summed E-state index contributed by atoms with van der Waals surface area (Å²) in [6.45, 7) is 1.45. The molecule has 2 aromatic carbocycles. The molecule has 0 atom stereocenters. The molecule has 4 rings (SSSR count). The average molecular weight is 385 g/mol. The van der Waals surface area contributed by atoms with Crippen molar-refractivity contribution in [3.8, 4) is 17.4 Å². The van der Waals surface area contributed by atoms with Gasteiger partial charge in [-0.25, -0.2) is 13.6 Å². The quantitative estimate of drug-likeness (QED) is 0.725. The molecule has 0 saturated carbocycles. The molecule has 1 aliphatic heterocycles. The molecule has 1 N–H and O–H groups in total. The molecule has 0 aliphatic carbocycles. The average Bonchev–Trinajstić information content (AvgIpc) is 2.70. The second kappa shape index (κ2) is 7.67. The summed E-state index contributed by atoms with van der Waals surface area (Å²) >= 11 is 0. The maximum absolute atomic E-state index is 14.3. The molecule has 0 amide bonds. The van der Waals surface area contributed by atoms with Crippen molar-refractivity contribution in [3.63, 3.8) is 0 Å². The van der Waals surface area contributed by atoms with Crippen LogP contribution in [0.2, 0.25) is 0 Å². The van der Waals surface area contributed by atoms with Crippen LogP contribution in [0, 0.1) is 11.6 Å². The molecule has 144 valence electrons. The van der Waals surface area contributed by atoms with Crippen molar-refractivity contribution in [1.82, 2.24) is 9.55 Å². The van der Waals surface area contributed by atoms with Gasteiger partial charge in [0, 0.05) is 19.2 Å². The Hall–Kier alpha value is -3.42. The van der Waals surface area contributed by atoms with Gasteiger partial charge in [-0.15, -0.1) is 0 Å². The van der Waals surface area contributed by atoms with E-state index in [1.54, 1.807) is 16.7 Å². The Morgan fingerprint density at radius 3 is 2.71 bits per heavy atom. The van der Waals surface area contributed by atoms with Gasteiger partial charge in [0.15, 0.2) is 11.6 Å². The number of aromatic nitrogens is 2. The maximum atomic E-state index is 14.3. The summed E-state index contributed by atoms with van der Waals surface area (Å²) in [4.78, 5) is 15.9. The SMILES string of the molecule is O=c1nc(OCc2ccc(Oc3ccc(F)cc3)c(F)c2)cc2n1CCCN2. The van der Waals surface area contributed by atoms with Crippen LogP contribution in [-0.4, -0.2) is 16.1 Å². The van der Waals surface area contributed by atoms with Gasteiger partial charge in [-0.05, 0) is 48.4 Å². The molecule has 0 spiro atoms. The number of ether oxygens (including phenoxy) is 2. The molecule has 0 radical (unpaired) electrons. The number of halogens is 2. The molecule has 1 aromatic heterocycles. The predicted molar refractivity (Wildman–Crippen MR) is 98.8 cm³/mol. The maximum Gasteiger partial charge on any atom is 0.352 e. The Bertz CT molecular complexity index is 1050. The monoisotopic (exact) mass is 385 g/mol. The number of benzene rings is 2. The van der Waals surface area contributed by atoms with Crippen LogP contribution in [0.25, 0.3) is 0 Å². The number of rotatable bonds is 5. The van der Waals surface area contributed by atoms with E-state index in [2.05, 4.69) is 10.3 Å². The lowest BCUT2D eigenvalue weighted by molar-refractivity contribution is 0.290.